The number of halogens is 1. The molecule has 0 aliphatic rings. The summed E-state index contributed by atoms with van der Waals surface area (Å²) in [7, 11) is 4.14. The molecule has 0 aliphatic carbocycles. The van der Waals surface area contributed by atoms with Gasteiger partial charge in [0.1, 0.15) is 5.82 Å². The van der Waals surface area contributed by atoms with Crippen molar-refractivity contribution in [3.05, 3.63) is 22.3 Å². The minimum absolute atomic E-state index is 0.645. The lowest BCUT2D eigenvalue weighted by molar-refractivity contribution is 0.400. The molecule has 0 saturated heterocycles. The highest BCUT2D eigenvalue weighted by molar-refractivity contribution is 9.10. The normalized spacial score (nSPS) is 10.9. The van der Waals surface area contributed by atoms with E-state index in [9.17, 15) is 0 Å². The first-order chi connectivity index (χ1) is 6.59. The standard InChI is InChI=1S/C10H16BrN3/c1-14(2)5-3-4-8-6-9(11)7-13-10(8)12/h6-7H,3-5H2,1-2H3,(H2,12,13). The molecule has 0 unspecified atom stereocenters. The maximum absolute atomic E-state index is 5.76. The van der Waals surface area contributed by atoms with E-state index in [1.807, 2.05) is 6.07 Å². The van der Waals surface area contributed by atoms with Crippen LogP contribution in [0.2, 0.25) is 0 Å². The van der Waals surface area contributed by atoms with Gasteiger partial charge in [0, 0.05) is 10.7 Å². The van der Waals surface area contributed by atoms with Gasteiger partial charge in [-0.25, -0.2) is 4.98 Å². The van der Waals surface area contributed by atoms with E-state index in [4.69, 9.17) is 5.73 Å². The van der Waals surface area contributed by atoms with Gasteiger partial charge in [0.05, 0.1) is 0 Å². The summed E-state index contributed by atoms with van der Waals surface area (Å²) in [6.45, 7) is 1.08. The molecule has 0 aromatic carbocycles. The van der Waals surface area contributed by atoms with Crippen molar-refractivity contribution in [3.8, 4) is 0 Å². The summed E-state index contributed by atoms with van der Waals surface area (Å²) in [6.07, 6.45) is 3.82. The van der Waals surface area contributed by atoms with Gasteiger partial charge in [0.2, 0.25) is 0 Å². The number of nitrogen functional groups attached to an aromatic ring is 1. The predicted octanol–water partition coefficient (Wildman–Crippen LogP) is 1.92. The number of pyridine rings is 1. The third-order valence-electron chi connectivity index (χ3n) is 2.02. The summed E-state index contributed by atoms with van der Waals surface area (Å²) in [5.74, 6) is 0.645. The molecule has 4 heteroatoms. The summed E-state index contributed by atoms with van der Waals surface area (Å²) < 4.78 is 0.992. The van der Waals surface area contributed by atoms with Crippen molar-refractivity contribution >= 4 is 21.7 Å². The first-order valence-electron chi connectivity index (χ1n) is 4.64. The van der Waals surface area contributed by atoms with Crippen molar-refractivity contribution in [2.24, 2.45) is 0 Å². The Kier molecular flexibility index (Phi) is 4.35. The zero-order valence-corrected chi connectivity index (χ0v) is 10.2. The molecule has 0 spiro atoms. The number of nitrogens with two attached hydrogens (primary N) is 1. The molecule has 1 aromatic heterocycles. The van der Waals surface area contributed by atoms with Crippen molar-refractivity contribution in [3.63, 3.8) is 0 Å². The van der Waals surface area contributed by atoms with Gasteiger partial charge in [-0.3, -0.25) is 0 Å². The van der Waals surface area contributed by atoms with Crippen LogP contribution in [-0.4, -0.2) is 30.5 Å². The van der Waals surface area contributed by atoms with Gasteiger partial charge in [-0.15, -0.1) is 0 Å². The predicted molar refractivity (Wildman–Crippen MR) is 63.2 cm³/mol. The monoisotopic (exact) mass is 257 g/mol. The molecule has 0 radical (unpaired) electrons. The van der Waals surface area contributed by atoms with Gasteiger partial charge in [0.25, 0.3) is 0 Å². The Morgan fingerprint density at radius 3 is 2.86 bits per heavy atom. The molecule has 2 N–H and O–H groups in total. The second kappa shape index (κ2) is 5.32. The molecule has 1 rings (SSSR count). The van der Waals surface area contributed by atoms with Crippen molar-refractivity contribution in [1.82, 2.24) is 9.88 Å². The first kappa shape index (κ1) is 11.5. The van der Waals surface area contributed by atoms with Crippen molar-refractivity contribution in [2.45, 2.75) is 12.8 Å². The molecule has 1 heterocycles. The zero-order chi connectivity index (χ0) is 10.6. The van der Waals surface area contributed by atoms with Gasteiger partial charge < -0.3 is 10.6 Å². The maximum Gasteiger partial charge on any atom is 0.126 e. The fourth-order valence-electron chi connectivity index (χ4n) is 1.28. The molecule has 0 bridgehead atoms. The van der Waals surface area contributed by atoms with Gasteiger partial charge in [-0.2, -0.15) is 0 Å². The number of rotatable bonds is 4. The van der Waals surface area contributed by atoms with E-state index in [-0.39, 0.29) is 0 Å². The average Bonchev–Trinajstić information content (AvgIpc) is 2.10. The summed E-state index contributed by atoms with van der Waals surface area (Å²) in [5.41, 5.74) is 6.89. The van der Waals surface area contributed by atoms with Crippen LogP contribution in [0.4, 0.5) is 5.82 Å². The topological polar surface area (TPSA) is 42.2 Å². The van der Waals surface area contributed by atoms with Crippen LogP contribution < -0.4 is 5.73 Å². The van der Waals surface area contributed by atoms with E-state index >= 15 is 0 Å². The third kappa shape index (κ3) is 3.64. The molecule has 1 aromatic rings. The van der Waals surface area contributed by atoms with Crippen molar-refractivity contribution in [2.75, 3.05) is 26.4 Å². The van der Waals surface area contributed by atoms with E-state index in [1.54, 1.807) is 6.20 Å². The summed E-state index contributed by atoms with van der Waals surface area (Å²) in [6, 6.07) is 2.04. The van der Waals surface area contributed by atoms with Crippen LogP contribution in [0.15, 0.2) is 16.7 Å². The molecule has 3 nitrogen and oxygen atoms in total. The minimum Gasteiger partial charge on any atom is -0.383 e. The lowest BCUT2D eigenvalue weighted by Gasteiger charge is -2.09. The number of aromatic nitrogens is 1. The smallest absolute Gasteiger partial charge is 0.126 e. The highest BCUT2D eigenvalue weighted by atomic mass is 79.9. The summed E-state index contributed by atoms with van der Waals surface area (Å²) in [4.78, 5) is 6.26. The molecule has 0 fully saturated rings. The molecular formula is C10H16BrN3. The Morgan fingerprint density at radius 2 is 2.21 bits per heavy atom. The second-order valence-corrected chi connectivity index (χ2v) is 4.52. The highest BCUT2D eigenvalue weighted by Crippen LogP contribution is 2.16. The van der Waals surface area contributed by atoms with E-state index in [1.165, 1.54) is 0 Å². The van der Waals surface area contributed by atoms with E-state index < -0.39 is 0 Å². The van der Waals surface area contributed by atoms with Crippen LogP contribution in [0.1, 0.15) is 12.0 Å². The second-order valence-electron chi connectivity index (χ2n) is 3.60. The molecule has 78 valence electrons. The van der Waals surface area contributed by atoms with Crippen LogP contribution in [0.3, 0.4) is 0 Å². The summed E-state index contributed by atoms with van der Waals surface area (Å²) >= 11 is 3.39. The molecule has 14 heavy (non-hydrogen) atoms. The van der Waals surface area contributed by atoms with E-state index in [2.05, 4.69) is 39.9 Å². The SMILES string of the molecule is CN(C)CCCc1cc(Br)cnc1N. The Morgan fingerprint density at radius 1 is 1.50 bits per heavy atom. The molecule has 0 amide bonds. The quantitative estimate of drug-likeness (QED) is 0.897. The van der Waals surface area contributed by atoms with Crippen molar-refractivity contribution in [1.29, 1.82) is 0 Å². The number of aryl methyl sites for hydroxylation is 1. The fourth-order valence-corrected chi connectivity index (χ4v) is 1.66. The Labute approximate surface area is 93.4 Å². The van der Waals surface area contributed by atoms with Crippen LogP contribution in [0, 0.1) is 0 Å². The first-order valence-corrected chi connectivity index (χ1v) is 5.43. The van der Waals surface area contributed by atoms with E-state index in [0.717, 1.165) is 29.4 Å². The van der Waals surface area contributed by atoms with Crippen LogP contribution in [0.25, 0.3) is 0 Å². The molecule has 0 atom stereocenters. The summed E-state index contributed by atoms with van der Waals surface area (Å²) in [5, 5.41) is 0. The average molecular weight is 258 g/mol. The lowest BCUT2D eigenvalue weighted by atomic mass is 10.1. The van der Waals surface area contributed by atoms with E-state index in [0.29, 0.717) is 5.82 Å². The van der Waals surface area contributed by atoms with Crippen molar-refractivity contribution < 1.29 is 0 Å². The minimum atomic E-state index is 0.645. The van der Waals surface area contributed by atoms with Gasteiger partial charge in [0.15, 0.2) is 0 Å². The van der Waals surface area contributed by atoms with Gasteiger partial charge in [-0.05, 0) is 61.0 Å². The lowest BCUT2D eigenvalue weighted by Crippen LogP contribution is -2.13. The third-order valence-corrected chi connectivity index (χ3v) is 2.45. The van der Waals surface area contributed by atoms with Crippen LogP contribution >= 0.6 is 15.9 Å². The van der Waals surface area contributed by atoms with Crippen LogP contribution in [-0.2, 0) is 6.42 Å². The fraction of sp³-hybridized carbons (Fsp3) is 0.500. The highest BCUT2D eigenvalue weighted by Gasteiger charge is 2.01. The Balaban J connectivity index is 2.53. The number of anilines is 1. The number of hydrogen-bond acceptors (Lipinski definition) is 3. The Hall–Kier alpha value is -0.610. The largest absolute Gasteiger partial charge is 0.383 e. The molecular weight excluding hydrogens is 242 g/mol. The molecule has 0 aliphatic heterocycles. The maximum atomic E-state index is 5.76. The number of nitrogens with zero attached hydrogens (tertiary/aromatic N) is 2. The van der Waals surface area contributed by atoms with Gasteiger partial charge >= 0.3 is 0 Å². The van der Waals surface area contributed by atoms with Crippen LogP contribution in [0.5, 0.6) is 0 Å². The zero-order valence-electron chi connectivity index (χ0n) is 8.63. The number of hydrogen-bond donors (Lipinski definition) is 1. The Bertz CT molecular complexity index is 299. The van der Waals surface area contributed by atoms with Gasteiger partial charge in [-0.1, -0.05) is 0 Å². The molecule has 0 saturated carbocycles.